The number of aliphatic hydroxyl groups is 1. The Hall–Kier alpha value is -2.21. The highest BCUT2D eigenvalue weighted by atomic mass is 19.1. The number of benzene rings is 1. The molecule has 5 nitrogen and oxygen atoms in total. The standard InChI is InChI=1S/C14H14FNO4/c1-20-8-2-7-16-13(18)11(12(17)14(16)19)9-3-5-10(15)6-4-9/h3-6,17H,2,7-8H2,1H3. The molecular weight excluding hydrogens is 265 g/mol. The zero-order chi connectivity index (χ0) is 14.7. The molecule has 1 aromatic carbocycles. The van der Waals surface area contributed by atoms with E-state index in [0.717, 1.165) is 4.90 Å². The van der Waals surface area contributed by atoms with Gasteiger partial charge in [-0.3, -0.25) is 14.5 Å². The van der Waals surface area contributed by atoms with E-state index in [1.165, 1.54) is 31.4 Å². The molecule has 1 heterocycles. The number of hydrogen-bond acceptors (Lipinski definition) is 4. The van der Waals surface area contributed by atoms with Crippen LogP contribution in [0.5, 0.6) is 0 Å². The van der Waals surface area contributed by atoms with Gasteiger partial charge in [0.05, 0.1) is 5.57 Å². The first kappa shape index (κ1) is 14.2. The first-order valence-electron chi connectivity index (χ1n) is 6.10. The fraction of sp³-hybridized carbons (Fsp3) is 0.286. The molecule has 0 saturated carbocycles. The highest BCUT2D eigenvalue weighted by Gasteiger charge is 2.38. The van der Waals surface area contributed by atoms with Crippen LogP contribution in [-0.4, -0.2) is 42.1 Å². The summed E-state index contributed by atoms with van der Waals surface area (Å²) in [4.78, 5) is 25.0. The van der Waals surface area contributed by atoms with Crippen molar-refractivity contribution in [2.75, 3.05) is 20.3 Å². The lowest BCUT2D eigenvalue weighted by atomic mass is 10.1. The summed E-state index contributed by atoms with van der Waals surface area (Å²) in [6, 6.07) is 5.04. The van der Waals surface area contributed by atoms with Crippen molar-refractivity contribution in [3.05, 3.63) is 41.4 Å². The molecule has 0 unspecified atom stereocenters. The molecule has 0 aliphatic carbocycles. The summed E-state index contributed by atoms with van der Waals surface area (Å²) in [5.41, 5.74) is 0.226. The van der Waals surface area contributed by atoms with Crippen LogP contribution in [0.2, 0.25) is 0 Å². The average Bonchev–Trinajstić information content (AvgIpc) is 2.64. The van der Waals surface area contributed by atoms with E-state index in [9.17, 15) is 19.1 Å². The molecule has 1 aliphatic rings. The minimum absolute atomic E-state index is 0.0904. The Balaban J connectivity index is 2.23. The summed E-state index contributed by atoms with van der Waals surface area (Å²) < 4.78 is 17.7. The normalized spacial score (nSPS) is 15.4. The average molecular weight is 279 g/mol. The number of hydrogen-bond donors (Lipinski definition) is 1. The maximum Gasteiger partial charge on any atom is 0.296 e. The molecule has 6 heteroatoms. The molecule has 1 N–H and O–H groups in total. The second-order valence-electron chi connectivity index (χ2n) is 4.34. The smallest absolute Gasteiger partial charge is 0.296 e. The maximum atomic E-state index is 12.9. The number of imide groups is 1. The van der Waals surface area contributed by atoms with Crippen molar-refractivity contribution in [3.8, 4) is 0 Å². The molecular formula is C14H14FNO4. The van der Waals surface area contributed by atoms with Gasteiger partial charge in [-0.1, -0.05) is 12.1 Å². The number of carbonyl (C=O) groups is 2. The number of methoxy groups -OCH3 is 1. The minimum atomic E-state index is -0.731. The van der Waals surface area contributed by atoms with Crippen LogP contribution in [0.25, 0.3) is 5.57 Å². The molecule has 0 atom stereocenters. The number of carbonyl (C=O) groups excluding carboxylic acids is 2. The summed E-state index contributed by atoms with van der Waals surface area (Å²) in [7, 11) is 1.52. The lowest BCUT2D eigenvalue weighted by molar-refractivity contribution is -0.138. The van der Waals surface area contributed by atoms with E-state index < -0.39 is 23.4 Å². The molecule has 2 rings (SSSR count). The van der Waals surface area contributed by atoms with Gasteiger partial charge in [0.25, 0.3) is 11.8 Å². The van der Waals surface area contributed by atoms with Crippen LogP contribution in [0.3, 0.4) is 0 Å². The zero-order valence-corrected chi connectivity index (χ0v) is 10.9. The van der Waals surface area contributed by atoms with Crippen molar-refractivity contribution in [2.24, 2.45) is 0 Å². The third kappa shape index (κ3) is 2.55. The zero-order valence-electron chi connectivity index (χ0n) is 10.9. The minimum Gasteiger partial charge on any atom is -0.502 e. The van der Waals surface area contributed by atoms with Gasteiger partial charge in [0.2, 0.25) is 0 Å². The monoisotopic (exact) mass is 279 g/mol. The summed E-state index contributed by atoms with van der Waals surface area (Å²) >= 11 is 0. The Morgan fingerprint density at radius 3 is 2.45 bits per heavy atom. The van der Waals surface area contributed by atoms with Gasteiger partial charge in [-0.05, 0) is 24.1 Å². The topological polar surface area (TPSA) is 66.8 Å². The number of ether oxygens (including phenoxy) is 1. The van der Waals surface area contributed by atoms with Crippen LogP contribution >= 0.6 is 0 Å². The molecule has 0 bridgehead atoms. The number of aliphatic hydroxyl groups excluding tert-OH is 1. The number of rotatable bonds is 5. The van der Waals surface area contributed by atoms with Gasteiger partial charge in [-0.15, -0.1) is 0 Å². The van der Waals surface area contributed by atoms with Crippen LogP contribution in [0, 0.1) is 5.82 Å². The Labute approximate surface area is 115 Å². The van der Waals surface area contributed by atoms with E-state index in [0.29, 0.717) is 18.6 Å². The molecule has 20 heavy (non-hydrogen) atoms. The molecule has 106 valence electrons. The van der Waals surface area contributed by atoms with Gasteiger partial charge < -0.3 is 9.84 Å². The molecule has 1 aliphatic heterocycles. The third-order valence-electron chi connectivity index (χ3n) is 3.01. The molecule has 0 radical (unpaired) electrons. The summed E-state index contributed by atoms with van der Waals surface area (Å²) in [5, 5.41) is 9.82. The van der Waals surface area contributed by atoms with E-state index in [2.05, 4.69) is 0 Å². The van der Waals surface area contributed by atoms with Crippen LogP contribution in [0.1, 0.15) is 12.0 Å². The Bertz CT molecular complexity index is 565. The largest absolute Gasteiger partial charge is 0.502 e. The lowest BCUT2D eigenvalue weighted by Gasteiger charge is -2.13. The molecule has 0 saturated heterocycles. The lowest BCUT2D eigenvalue weighted by Crippen LogP contribution is -2.33. The van der Waals surface area contributed by atoms with Crippen LogP contribution in [-0.2, 0) is 14.3 Å². The Morgan fingerprint density at radius 2 is 1.85 bits per heavy atom. The summed E-state index contributed by atoms with van der Waals surface area (Å²) in [5.74, 6) is -2.36. The Kier molecular flexibility index (Phi) is 4.14. The first-order valence-corrected chi connectivity index (χ1v) is 6.10. The second kappa shape index (κ2) is 5.83. The summed E-state index contributed by atoms with van der Waals surface area (Å²) in [6.07, 6.45) is 0.484. The fourth-order valence-electron chi connectivity index (χ4n) is 2.01. The Morgan fingerprint density at radius 1 is 1.20 bits per heavy atom. The SMILES string of the molecule is COCCCN1C(=O)C(O)=C(c2ccc(F)cc2)C1=O. The fourth-order valence-corrected chi connectivity index (χ4v) is 2.01. The predicted octanol–water partition coefficient (Wildman–Crippen LogP) is 1.50. The first-order chi connectivity index (χ1) is 9.56. The van der Waals surface area contributed by atoms with Crippen LogP contribution in [0.15, 0.2) is 30.0 Å². The molecule has 0 aromatic heterocycles. The van der Waals surface area contributed by atoms with Gasteiger partial charge in [0.15, 0.2) is 5.76 Å². The van der Waals surface area contributed by atoms with Crippen molar-refractivity contribution in [1.29, 1.82) is 0 Å². The van der Waals surface area contributed by atoms with Crippen molar-refractivity contribution in [2.45, 2.75) is 6.42 Å². The van der Waals surface area contributed by atoms with E-state index in [1.807, 2.05) is 0 Å². The van der Waals surface area contributed by atoms with Crippen LogP contribution in [0.4, 0.5) is 4.39 Å². The van der Waals surface area contributed by atoms with E-state index >= 15 is 0 Å². The molecule has 0 fully saturated rings. The van der Waals surface area contributed by atoms with Gasteiger partial charge >= 0.3 is 0 Å². The molecule has 1 aromatic rings. The van der Waals surface area contributed by atoms with Crippen LogP contribution < -0.4 is 0 Å². The quantitative estimate of drug-likeness (QED) is 0.655. The highest BCUT2D eigenvalue weighted by molar-refractivity contribution is 6.34. The number of halogens is 1. The van der Waals surface area contributed by atoms with Crippen molar-refractivity contribution < 1.29 is 23.8 Å². The predicted molar refractivity (Wildman–Crippen MR) is 69.2 cm³/mol. The second-order valence-corrected chi connectivity index (χ2v) is 4.34. The van der Waals surface area contributed by atoms with E-state index in [1.54, 1.807) is 0 Å². The summed E-state index contributed by atoms with van der Waals surface area (Å²) in [6.45, 7) is 0.573. The maximum absolute atomic E-state index is 12.9. The molecule has 0 spiro atoms. The number of amides is 2. The van der Waals surface area contributed by atoms with Gasteiger partial charge in [0.1, 0.15) is 5.82 Å². The van der Waals surface area contributed by atoms with Crippen molar-refractivity contribution in [3.63, 3.8) is 0 Å². The third-order valence-corrected chi connectivity index (χ3v) is 3.01. The highest BCUT2D eigenvalue weighted by Crippen LogP contribution is 2.28. The molecule has 2 amide bonds. The van der Waals surface area contributed by atoms with E-state index in [-0.39, 0.29) is 12.1 Å². The van der Waals surface area contributed by atoms with Gasteiger partial charge in [0, 0.05) is 20.3 Å². The van der Waals surface area contributed by atoms with Gasteiger partial charge in [-0.2, -0.15) is 0 Å². The van der Waals surface area contributed by atoms with E-state index in [4.69, 9.17) is 4.74 Å². The number of nitrogens with zero attached hydrogens (tertiary/aromatic N) is 1. The van der Waals surface area contributed by atoms with Gasteiger partial charge in [-0.25, -0.2) is 4.39 Å². The van der Waals surface area contributed by atoms with Crippen molar-refractivity contribution >= 4 is 17.4 Å². The van der Waals surface area contributed by atoms with Crippen molar-refractivity contribution in [1.82, 2.24) is 4.90 Å².